The summed E-state index contributed by atoms with van der Waals surface area (Å²) in [6, 6.07) is 12.7. The second kappa shape index (κ2) is 7.83. The van der Waals surface area contributed by atoms with E-state index >= 15 is 0 Å². The highest BCUT2D eigenvalue weighted by Gasteiger charge is 2.34. The van der Waals surface area contributed by atoms with E-state index < -0.39 is 0 Å². The number of hydrogen-bond acceptors (Lipinski definition) is 3. The first-order valence-electron chi connectivity index (χ1n) is 8.70. The van der Waals surface area contributed by atoms with E-state index in [4.69, 9.17) is 11.6 Å². The van der Waals surface area contributed by atoms with Crippen molar-refractivity contribution in [3.05, 3.63) is 70.0 Å². The van der Waals surface area contributed by atoms with Gasteiger partial charge in [-0.1, -0.05) is 29.8 Å². The summed E-state index contributed by atoms with van der Waals surface area (Å²) in [6.45, 7) is 0.213. The van der Waals surface area contributed by atoms with Crippen LogP contribution in [0.15, 0.2) is 42.5 Å². The zero-order chi connectivity index (χ0) is 18.1. The van der Waals surface area contributed by atoms with Crippen LogP contribution >= 0.6 is 35.1 Å². The van der Waals surface area contributed by atoms with E-state index in [1.165, 1.54) is 23.1 Å². The molecule has 0 bridgehead atoms. The van der Waals surface area contributed by atoms with Crippen LogP contribution < -0.4 is 0 Å². The van der Waals surface area contributed by atoms with Crippen molar-refractivity contribution in [1.29, 1.82) is 0 Å². The Balaban J connectivity index is 1.54. The number of benzene rings is 2. The molecule has 1 saturated heterocycles. The van der Waals surface area contributed by atoms with Gasteiger partial charge in [-0.15, -0.1) is 23.5 Å². The molecule has 2 aromatic carbocycles. The molecule has 0 spiro atoms. The lowest BCUT2D eigenvalue weighted by Crippen LogP contribution is -2.33. The van der Waals surface area contributed by atoms with Crippen LogP contribution in [-0.4, -0.2) is 28.4 Å². The molecule has 26 heavy (non-hydrogen) atoms. The van der Waals surface area contributed by atoms with E-state index in [0.29, 0.717) is 20.7 Å². The maximum absolute atomic E-state index is 14.2. The highest BCUT2D eigenvalue weighted by molar-refractivity contribution is 8.19. The Kier molecular flexibility index (Phi) is 5.48. The van der Waals surface area contributed by atoms with Crippen molar-refractivity contribution >= 4 is 41.0 Å². The number of thioether (sulfide) groups is 2. The summed E-state index contributed by atoms with van der Waals surface area (Å²) in [5.41, 5.74) is 2.30. The van der Waals surface area contributed by atoms with Crippen molar-refractivity contribution in [3.63, 3.8) is 0 Å². The van der Waals surface area contributed by atoms with Gasteiger partial charge in [-0.05, 0) is 42.7 Å². The van der Waals surface area contributed by atoms with E-state index in [9.17, 15) is 9.18 Å². The molecule has 0 unspecified atom stereocenters. The Morgan fingerprint density at radius 1 is 1.12 bits per heavy atom. The smallest absolute Gasteiger partial charge is 0.254 e. The maximum Gasteiger partial charge on any atom is 0.254 e. The van der Waals surface area contributed by atoms with Crippen LogP contribution in [0.2, 0.25) is 5.02 Å². The molecule has 4 rings (SSSR count). The molecule has 1 heterocycles. The minimum atomic E-state index is -0.360. The third-order valence-corrected chi connectivity index (χ3v) is 8.15. The number of carbonyl (C=O) groups excluding carboxylic acids is 1. The van der Waals surface area contributed by atoms with Gasteiger partial charge >= 0.3 is 0 Å². The van der Waals surface area contributed by atoms with Crippen molar-refractivity contribution in [2.45, 2.75) is 30.0 Å². The van der Waals surface area contributed by atoms with Crippen molar-refractivity contribution in [3.8, 4) is 0 Å². The van der Waals surface area contributed by atoms with Gasteiger partial charge in [-0.2, -0.15) is 0 Å². The molecule has 0 N–H and O–H groups in total. The van der Waals surface area contributed by atoms with E-state index in [-0.39, 0.29) is 24.3 Å². The molecular formula is C20H19ClFNOS2. The van der Waals surface area contributed by atoms with Gasteiger partial charge in [-0.25, -0.2) is 4.39 Å². The predicted octanol–water partition coefficient (Wildman–Crippen LogP) is 5.76. The molecule has 2 nitrogen and oxygen atoms in total. The summed E-state index contributed by atoms with van der Waals surface area (Å²) < 4.78 is 14.6. The van der Waals surface area contributed by atoms with Gasteiger partial charge < -0.3 is 4.90 Å². The second-order valence-corrected chi connectivity index (χ2v) is 9.69. The monoisotopic (exact) mass is 407 g/mol. The van der Waals surface area contributed by atoms with Gasteiger partial charge in [0.25, 0.3) is 5.91 Å². The molecule has 2 aliphatic rings. The van der Waals surface area contributed by atoms with Crippen LogP contribution in [0.3, 0.4) is 0 Å². The van der Waals surface area contributed by atoms with E-state index in [1.807, 2.05) is 47.8 Å². The minimum Gasteiger partial charge on any atom is -0.331 e. The molecule has 1 saturated carbocycles. The molecule has 1 aliphatic carbocycles. The summed E-state index contributed by atoms with van der Waals surface area (Å²) in [7, 11) is 0. The van der Waals surface area contributed by atoms with Crippen LogP contribution in [0.5, 0.6) is 0 Å². The summed E-state index contributed by atoms with van der Waals surface area (Å²) in [4.78, 5) is 14.8. The molecule has 1 aliphatic heterocycles. The van der Waals surface area contributed by atoms with Gasteiger partial charge in [0.05, 0.1) is 11.1 Å². The molecule has 2 fully saturated rings. The molecule has 1 amide bonds. The van der Waals surface area contributed by atoms with Crippen molar-refractivity contribution in [2.24, 2.45) is 0 Å². The van der Waals surface area contributed by atoms with Crippen molar-refractivity contribution < 1.29 is 9.18 Å². The Morgan fingerprint density at radius 2 is 1.81 bits per heavy atom. The number of hydrogen-bond donors (Lipinski definition) is 0. The number of rotatable bonds is 5. The summed E-state index contributed by atoms with van der Waals surface area (Å²) in [5.74, 6) is 1.94. The molecule has 0 radical (unpaired) electrons. The lowest BCUT2D eigenvalue weighted by atomic mass is 10.1. The highest BCUT2D eigenvalue weighted by atomic mass is 35.5. The maximum atomic E-state index is 14.2. The second-order valence-electron chi connectivity index (χ2n) is 6.56. The zero-order valence-electron chi connectivity index (χ0n) is 14.2. The Bertz CT molecular complexity index is 784. The lowest BCUT2D eigenvalue weighted by Gasteiger charge is -2.23. The van der Waals surface area contributed by atoms with Gasteiger partial charge in [-0.3, -0.25) is 4.79 Å². The van der Waals surface area contributed by atoms with Crippen molar-refractivity contribution in [2.75, 3.05) is 11.5 Å². The van der Waals surface area contributed by atoms with Crippen LogP contribution in [0.1, 0.15) is 38.9 Å². The van der Waals surface area contributed by atoms with Crippen LogP contribution in [0.25, 0.3) is 0 Å². The first-order valence-corrected chi connectivity index (χ1v) is 11.2. The zero-order valence-corrected chi connectivity index (χ0v) is 16.5. The number of halogens is 2. The molecule has 2 aromatic rings. The van der Waals surface area contributed by atoms with Gasteiger partial charge in [0, 0.05) is 33.7 Å². The average molecular weight is 408 g/mol. The van der Waals surface area contributed by atoms with Gasteiger partial charge in [0.1, 0.15) is 5.82 Å². The standard InChI is InChI=1S/C20H19ClFNOS2/c21-17-2-1-3-18(22)16(17)12-23(15-8-9-15)19(24)13-4-6-14(7-5-13)20-25-10-11-26-20/h1-7,15,20H,8-12H2. The van der Waals surface area contributed by atoms with E-state index in [1.54, 1.807) is 17.0 Å². The summed E-state index contributed by atoms with van der Waals surface area (Å²) in [6.07, 6.45) is 1.93. The summed E-state index contributed by atoms with van der Waals surface area (Å²) >= 11 is 10.1. The first-order chi connectivity index (χ1) is 12.6. The third-order valence-electron chi connectivity index (χ3n) is 4.69. The molecule has 0 atom stereocenters. The van der Waals surface area contributed by atoms with Crippen LogP contribution in [0.4, 0.5) is 4.39 Å². The van der Waals surface area contributed by atoms with E-state index in [2.05, 4.69) is 0 Å². The third kappa shape index (κ3) is 3.90. The van der Waals surface area contributed by atoms with Gasteiger partial charge in [0.2, 0.25) is 0 Å². The topological polar surface area (TPSA) is 20.3 Å². The number of amides is 1. The molecule has 136 valence electrons. The predicted molar refractivity (Wildman–Crippen MR) is 108 cm³/mol. The normalized spacial score (nSPS) is 17.5. The number of carbonyl (C=O) groups is 1. The number of nitrogens with zero attached hydrogens (tertiary/aromatic N) is 1. The van der Waals surface area contributed by atoms with Gasteiger partial charge in [0.15, 0.2) is 0 Å². The SMILES string of the molecule is O=C(c1ccc(C2SCCS2)cc1)N(Cc1c(F)cccc1Cl)C1CC1. The first kappa shape index (κ1) is 18.2. The largest absolute Gasteiger partial charge is 0.331 e. The fourth-order valence-electron chi connectivity index (χ4n) is 3.11. The highest BCUT2D eigenvalue weighted by Crippen LogP contribution is 2.45. The van der Waals surface area contributed by atoms with Crippen molar-refractivity contribution in [1.82, 2.24) is 4.90 Å². The Morgan fingerprint density at radius 3 is 2.42 bits per heavy atom. The quantitative estimate of drug-likeness (QED) is 0.628. The van der Waals surface area contributed by atoms with E-state index in [0.717, 1.165) is 12.8 Å². The minimum absolute atomic E-state index is 0.0508. The summed E-state index contributed by atoms with van der Waals surface area (Å²) in [5, 5.41) is 0.370. The Labute approximate surface area is 166 Å². The fraction of sp³-hybridized carbons (Fsp3) is 0.350. The molecule has 6 heteroatoms. The molecular weight excluding hydrogens is 389 g/mol. The Hall–Kier alpha value is -1.17. The van der Waals surface area contributed by atoms with Crippen LogP contribution in [0, 0.1) is 5.82 Å². The molecule has 0 aromatic heterocycles. The fourth-order valence-corrected chi connectivity index (χ4v) is 6.19. The average Bonchev–Trinajstić information content (AvgIpc) is 3.34. The van der Waals surface area contributed by atoms with Crippen LogP contribution in [-0.2, 0) is 6.54 Å². The lowest BCUT2D eigenvalue weighted by molar-refractivity contribution is 0.0728.